The highest BCUT2D eigenvalue weighted by atomic mass is 79.9. The van der Waals surface area contributed by atoms with Gasteiger partial charge in [0.1, 0.15) is 17.2 Å². The fourth-order valence-corrected chi connectivity index (χ4v) is 3.02. The highest BCUT2D eigenvalue weighted by Crippen LogP contribution is 2.29. The van der Waals surface area contributed by atoms with Gasteiger partial charge < -0.3 is 14.8 Å². The summed E-state index contributed by atoms with van der Waals surface area (Å²) in [6.45, 7) is 0. The summed E-state index contributed by atoms with van der Waals surface area (Å²) >= 11 is 8.70. The molecule has 1 N–H and O–H groups in total. The number of nitrogens with one attached hydrogen (secondary N) is 1. The molecule has 25 heavy (non-hydrogen) atoms. The van der Waals surface area contributed by atoms with Crippen LogP contribution in [0.3, 0.4) is 0 Å². The molecule has 0 radical (unpaired) electrons. The Morgan fingerprint density at radius 2 is 1.84 bits per heavy atom. The molecule has 0 saturated carbocycles. The first-order valence-corrected chi connectivity index (χ1v) is 8.58. The van der Waals surface area contributed by atoms with Crippen molar-refractivity contribution in [2.75, 3.05) is 19.1 Å². The maximum absolute atomic E-state index is 12.8. The first-order valence-electron chi connectivity index (χ1n) is 7.38. The Balaban J connectivity index is 1.94. The maximum atomic E-state index is 12.8. The van der Waals surface area contributed by atoms with Crippen LogP contribution in [0.25, 0.3) is 6.08 Å². The third-order valence-electron chi connectivity index (χ3n) is 3.70. The third-order valence-corrected chi connectivity index (χ3v) is 4.52. The average molecular weight is 419 g/mol. The number of hydrogen-bond donors (Lipinski definition) is 1. The minimum atomic E-state index is -0.217. The van der Waals surface area contributed by atoms with Gasteiger partial charge in [-0.1, -0.05) is 15.9 Å². The smallest absolute Gasteiger partial charge is 0.281 e. The van der Waals surface area contributed by atoms with Crippen molar-refractivity contribution in [3.63, 3.8) is 0 Å². The molecule has 1 fully saturated rings. The van der Waals surface area contributed by atoms with E-state index in [1.165, 1.54) is 4.90 Å². The largest absolute Gasteiger partial charge is 0.497 e. The van der Waals surface area contributed by atoms with Crippen molar-refractivity contribution in [3.8, 4) is 11.5 Å². The zero-order chi connectivity index (χ0) is 18.0. The van der Waals surface area contributed by atoms with E-state index in [4.69, 9.17) is 21.7 Å². The molecule has 5 nitrogen and oxygen atoms in total. The summed E-state index contributed by atoms with van der Waals surface area (Å²) in [5.74, 6) is 1.07. The molecule has 3 rings (SSSR count). The van der Waals surface area contributed by atoms with E-state index in [2.05, 4.69) is 21.2 Å². The molecule has 1 heterocycles. The zero-order valence-corrected chi connectivity index (χ0v) is 16.0. The highest BCUT2D eigenvalue weighted by Gasteiger charge is 2.32. The van der Waals surface area contributed by atoms with Gasteiger partial charge in [-0.2, -0.15) is 0 Å². The Bertz CT molecular complexity index is 865. The van der Waals surface area contributed by atoms with Gasteiger partial charge in [0.05, 0.1) is 19.9 Å². The number of thiocarbonyl (C=S) groups is 1. The van der Waals surface area contributed by atoms with Crippen LogP contribution in [0.1, 0.15) is 5.56 Å². The number of hydrogen-bond acceptors (Lipinski definition) is 4. The second kappa shape index (κ2) is 7.25. The van der Waals surface area contributed by atoms with Gasteiger partial charge in [0.2, 0.25) is 0 Å². The van der Waals surface area contributed by atoms with Crippen LogP contribution in [0.15, 0.2) is 52.6 Å². The van der Waals surface area contributed by atoms with Crippen LogP contribution in [-0.4, -0.2) is 25.2 Å². The molecule has 1 aliphatic heterocycles. The van der Waals surface area contributed by atoms with Crippen LogP contribution < -0.4 is 19.7 Å². The number of halogens is 1. The molecule has 2 aromatic carbocycles. The summed E-state index contributed by atoms with van der Waals surface area (Å²) in [7, 11) is 3.16. The van der Waals surface area contributed by atoms with E-state index in [-0.39, 0.29) is 5.91 Å². The molecule has 128 valence electrons. The number of nitrogens with zero attached hydrogens (tertiary/aromatic N) is 1. The first kappa shape index (κ1) is 17.4. The molecular weight excluding hydrogens is 404 g/mol. The van der Waals surface area contributed by atoms with Gasteiger partial charge in [0.15, 0.2) is 5.11 Å². The Morgan fingerprint density at radius 3 is 2.48 bits per heavy atom. The fourth-order valence-electron chi connectivity index (χ4n) is 2.45. The molecule has 7 heteroatoms. The van der Waals surface area contributed by atoms with Crippen LogP contribution in [0.5, 0.6) is 11.5 Å². The van der Waals surface area contributed by atoms with Gasteiger partial charge >= 0.3 is 0 Å². The number of rotatable bonds is 4. The van der Waals surface area contributed by atoms with E-state index in [0.29, 0.717) is 28.0 Å². The Morgan fingerprint density at radius 1 is 1.12 bits per heavy atom. The van der Waals surface area contributed by atoms with Crippen LogP contribution in [0.2, 0.25) is 0 Å². The van der Waals surface area contributed by atoms with E-state index in [1.807, 2.05) is 30.3 Å². The molecule has 1 saturated heterocycles. The second-order valence-corrected chi connectivity index (χ2v) is 6.52. The molecule has 0 atom stereocenters. The van der Waals surface area contributed by atoms with Crippen molar-refractivity contribution in [1.82, 2.24) is 5.32 Å². The summed E-state index contributed by atoms with van der Waals surface area (Å²) in [6.07, 6.45) is 1.71. The first-order chi connectivity index (χ1) is 12.0. The van der Waals surface area contributed by atoms with Gasteiger partial charge in [0, 0.05) is 16.1 Å². The lowest BCUT2D eigenvalue weighted by molar-refractivity contribution is -0.113. The lowest BCUT2D eigenvalue weighted by Gasteiger charge is -2.13. The van der Waals surface area contributed by atoms with Gasteiger partial charge in [-0.05, 0) is 54.7 Å². The van der Waals surface area contributed by atoms with Crippen molar-refractivity contribution in [3.05, 3.63) is 58.2 Å². The monoisotopic (exact) mass is 418 g/mol. The Labute approximate surface area is 159 Å². The van der Waals surface area contributed by atoms with Crippen molar-refractivity contribution < 1.29 is 14.3 Å². The quantitative estimate of drug-likeness (QED) is 0.605. The summed E-state index contributed by atoms with van der Waals surface area (Å²) in [4.78, 5) is 14.2. The molecule has 2 aromatic rings. The second-order valence-electron chi connectivity index (χ2n) is 5.21. The summed E-state index contributed by atoms with van der Waals surface area (Å²) in [5, 5.41) is 3.30. The van der Waals surface area contributed by atoms with Crippen LogP contribution in [-0.2, 0) is 4.79 Å². The number of carbonyl (C=O) groups excluding carboxylic acids is 1. The van der Waals surface area contributed by atoms with Gasteiger partial charge in [-0.15, -0.1) is 0 Å². The zero-order valence-electron chi connectivity index (χ0n) is 13.6. The molecular formula is C18H15BrN2O3S. The summed E-state index contributed by atoms with van der Waals surface area (Å²) < 4.78 is 11.5. The number of benzene rings is 2. The van der Waals surface area contributed by atoms with E-state index >= 15 is 0 Å². The molecule has 0 unspecified atom stereocenters. The summed E-state index contributed by atoms with van der Waals surface area (Å²) in [6, 6.07) is 12.8. The maximum Gasteiger partial charge on any atom is 0.281 e. The van der Waals surface area contributed by atoms with E-state index in [0.717, 1.165) is 10.0 Å². The molecule has 1 amide bonds. The van der Waals surface area contributed by atoms with Crippen LogP contribution >= 0.6 is 28.1 Å². The molecule has 0 spiro atoms. The number of amides is 1. The SMILES string of the molecule is COc1ccc(C=C2NC(=S)N(c3ccc(Br)cc3)C2=O)c(OC)c1. The molecule has 0 aromatic heterocycles. The van der Waals surface area contributed by atoms with Crippen molar-refractivity contribution in [2.24, 2.45) is 0 Å². The average Bonchev–Trinajstić information content (AvgIpc) is 2.90. The van der Waals surface area contributed by atoms with Gasteiger partial charge in [-0.25, -0.2) is 0 Å². The summed E-state index contributed by atoms with van der Waals surface area (Å²) in [5.41, 5.74) is 1.84. The van der Waals surface area contributed by atoms with Crippen molar-refractivity contribution >= 4 is 50.9 Å². The Kier molecular flexibility index (Phi) is 5.06. The number of carbonyl (C=O) groups is 1. The lowest BCUT2D eigenvalue weighted by atomic mass is 10.1. The standard InChI is InChI=1S/C18H15BrN2O3S/c1-23-14-8-3-11(16(10-14)24-2)9-15-17(22)21(18(25)20-15)13-6-4-12(19)5-7-13/h3-10H,1-2H3,(H,20,25). The predicted molar refractivity (Wildman–Crippen MR) is 105 cm³/mol. The van der Waals surface area contributed by atoms with Gasteiger partial charge in [-0.3, -0.25) is 9.69 Å². The minimum absolute atomic E-state index is 0.217. The van der Waals surface area contributed by atoms with Crippen molar-refractivity contribution in [1.29, 1.82) is 0 Å². The predicted octanol–water partition coefficient (Wildman–Crippen LogP) is 3.73. The number of anilines is 1. The van der Waals surface area contributed by atoms with E-state index in [9.17, 15) is 4.79 Å². The van der Waals surface area contributed by atoms with Crippen LogP contribution in [0, 0.1) is 0 Å². The Hall–Kier alpha value is -2.38. The van der Waals surface area contributed by atoms with E-state index in [1.54, 1.807) is 32.4 Å². The minimum Gasteiger partial charge on any atom is -0.497 e. The topological polar surface area (TPSA) is 50.8 Å². The van der Waals surface area contributed by atoms with Gasteiger partial charge in [0.25, 0.3) is 5.91 Å². The molecule has 0 aliphatic carbocycles. The molecule has 0 bridgehead atoms. The van der Waals surface area contributed by atoms with Crippen molar-refractivity contribution in [2.45, 2.75) is 0 Å². The highest BCUT2D eigenvalue weighted by molar-refractivity contribution is 9.10. The normalized spacial score (nSPS) is 15.5. The third kappa shape index (κ3) is 3.52. The molecule has 1 aliphatic rings. The number of methoxy groups -OCH3 is 2. The van der Waals surface area contributed by atoms with E-state index < -0.39 is 0 Å². The van der Waals surface area contributed by atoms with Crippen LogP contribution in [0.4, 0.5) is 5.69 Å². The lowest BCUT2D eigenvalue weighted by Crippen LogP contribution is -2.30. The fraction of sp³-hybridized carbons (Fsp3) is 0.111. The number of ether oxygens (including phenoxy) is 2.